The zero-order valence-electron chi connectivity index (χ0n) is 17.7. The van der Waals surface area contributed by atoms with Crippen LogP contribution < -0.4 is 14.8 Å². The van der Waals surface area contributed by atoms with Gasteiger partial charge in [-0.2, -0.15) is 0 Å². The Morgan fingerprint density at radius 3 is 2.43 bits per heavy atom. The van der Waals surface area contributed by atoms with E-state index >= 15 is 0 Å². The number of ether oxygens (including phenoxy) is 2. The summed E-state index contributed by atoms with van der Waals surface area (Å²) in [6.45, 7) is 3.91. The van der Waals surface area contributed by atoms with Crippen molar-refractivity contribution in [2.24, 2.45) is 0 Å². The highest BCUT2D eigenvalue weighted by Gasteiger charge is 2.31. The molecule has 0 fully saturated rings. The van der Waals surface area contributed by atoms with Crippen molar-refractivity contribution in [3.05, 3.63) is 70.5 Å². The number of fused-ring (bicyclic) bond motifs is 1. The second-order valence-electron chi connectivity index (χ2n) is 7.58. The molecule has 2 aromatic carbocycles. The van der Waals surface area contributed by atoms with Crippen molar-refractivity contribution in [3.8, 4) is 11.5 Å². The number of hydrogen-bond donors (Lipinski definition) is 1. The number of carbonyl (C=O) groups excluding carboxylic acids is 1. The quantitative estimate of drug-likeness (QED) is 0.662. The van der Waals surface area contributed by atoms with Crippen LogP contribution >= 0.6 is 0 Å². The number of hydrogen-bond acceptors (Lipinski definition) is 6. The number of rotatable bonds is 5. The van der Waals surface area contributed by atoms with Crippen LogP contribution in [-0.2, 0) is 6.42 Å². The van der Waals surface area contributed by atoms with Crippen molar-refractivity contribution in [3.63, 3.8) is 0 Å². The second kappa shape index (κ2) is 8.14. The summed E-state index contributed by atoms with van der Waals surface area (Å²) in [6, 6.07) is 13.8. The molecule has 0 amide bonds. The minimum absolute atomic E-state index is 0.00705. The van der Waals surface area contributed by atoms with Crippen LogP contribution in [0.1, 0.15) is 45.2 Å². The molecule has 6 nitrogen and oxygen atoms in total. The molecule has 0 unspecified atom stereocenters. The lowest BCUT2D eigenvalue weighted by molar-refractivity contribution is 0.0961. The monoisotopic (exact) mass is 403 g/mol. The third-order valence-corrected chi connectivity index (χ3v) is 5.50. The first kappa shape index (κ1) is 19.9. The lowest BCUT2D eigenvalue weighted by Crippen LogP contribution is -2.23. The fourth-order valence-electron chi connectivity index (χ4n) is 3.97. The number of ketones is 1. The molecule has 154 valence electrons. The predicted octanol–water partition coefficient (Wildman–Crippen LogP) is 4.77. The Balaban J connectivity index is 1.67. The summed E-state index contributed by atoms with van der Waals surface area (Å²) in [5.41, 5.74) is 5.21. The molecule has 0 bridgehead atoms. The fourth-order valence-corrected chi connectivity index (χ4v) is 3.97. The molecular weight excluding hydrogens is 378 g/mol. The molecule has 1 aromatic heterocycles. The van der Waals surface area contributed by atoms with Crippen LogP contribution in [0, 0.1) is 13.8 Å². The number of nitrogens with one attached hydrogen (secondary N) is 1. The van der Waals surface area contributed by atoms with Crippen molar-refractivity contribution in [1.29, 1.82) is 0 Å². The number of methoxy groups -OCH3 is 2. The van der Waals surface area contributed by atoms with E-state index in [-0.39, 0.29) is 11.7 Å². The van der Waals surface area contributed by atoms with Crippen LogP contribution in [0.25, 0.3) is 0 Å². The minimum Gasteiger partial charge on any atom is -0.497 e. The summed E-state index contributed by atoms with van der Waals surface area (Å²) in [4.78, 5) is 22.2. The van der Waals surface area contributed by atoms with Crippen molar-refractivity contribution in [1.82, 2.24) is 9.97 Å². The number of Topliss-reactive ketones (excluding diaryl/α,β-unsaturated/α-hetero) is 1. The summed E-state index contributed by atoms with van der Waals surface area (Å²) in [5, 5.41) is 3.25. The molecular formula is C24H25N3O3. The Kier molecular flexibility index (Phi) is 5.40. The van der Waals surface area contributed by atoms with Crippen LogP contribution in [0.5, 0.6) is 11.5 Å². The van der Waals surface area contributed by atoms with Crippen molar-refractivity contribution < 1.29 is 14.3 Å². The molecule has 6 heteroatoms. The summed E-state index contributed by atoms with van der Waals surface area (Å²) in [6.07, 6.45) is 1.06. The number of anilines is 2. The Labute approximate surface area is 176 Å². The second-order valence-corrected chi connectivity index (χ2v) is 7.58. The fraction of sp³-hybridized carbons (Fsp3) is 0.292. The lowest BCUT2D eigenvalue weighted by atomic mass is 9.81. The smallest absolute Gasteiger partial charge is 0.227 e. The largest absolute Gasteiger partial charge is 0.497 e. The zero-order valence-corrected chi connectivity index (χ0v) is 17.7. The van der Waals surface area contributed by atoms with Crippen molar-refractivity contribution in [2.45, 2.75) is 32.6 Å². The maximum Gasteiger partial charge on any atom is 0.227 e. The van der Waals surface area contributed by atoms with E-state index in [4.69, 9.17) is 14.5 Å². The van der Waals surface area contributed by atoms with Gasteiger partial charge in [-0.3, -0.25) is 4.79 Å². The van der Waals surface area contributed by atoms with Crippen LogP contribution in [0.15, 0.2) is 42.5 Å². The van der Waals surface area contributed by atoms with E-state index < -0.39 is 0 Å². The summed E-state index contributed by atoms with van der Waals surface area (Å²) >= 11 is 0. The minimum atomic E-state index is -0.00705. The van der Waals surface area contributed by atoms with Gasteiger partial charge in [0.05, 0.1) is 31.2 Å². The number of nitrogens with zero attached hydrogens (tertiary/aromatic N) is 2. The lowest BCUT2D eigenvalue weighted by Gasteiger charge is -2.26. The number of benzene rings is 2. The molecule has 1 N–H and O–H groups in total. The zero-order chi connectivity index (χ0) is 21.3. The average molecular weight is 403 g/mol. The standard InChI is InChI=1S/C24H25N3O3/c1-14-5-7-17(8-6-14)26-24-25-15(2)23-20(27-24)11-16(12-21(23)28)19-10-9-18(29-3)13-22(19)30-4/h5-10,13,16H,11-12H2,1-4H3,(H,25,26,27)/t16-/m1/s1. The third-order valence-electron chi connectivity index (χ3n) is 5.50. The highest BCUT2D eigenvalue weighted by Crippen LogP contribution is 2.39. The van der Waals surface area contributed by atoms with E-state index in [1.54, 1.807) is 14.2 Å². The van der Waals surface area contributed by atoms with Gasteiger partial charge in [-0.25, -0.2) is 9.97 Å². The van der Waals surface area contributed by atoms with Gasteiger partial charge in [0.25, 0.3) is 0 Å². The predicted molar refractivity (Wildman–Crippen MR) is 116 cm³/mol. The van der Waals surface area contributed by atoms with E-state index in [1.165, 1.54) is 5.56 Å². The van der Waals surface area contributed by atoms with Crippen molar-refractivity contribution in [2.75, 3.05) is 19.5 Å². The van der Waals surface area contributed by atoms with Crippen molar-refractivity contribution >= 4 is 17.4 Å². The third kappa shape index (κ3) is 3.85. The van der Waals surface area contributed by atoms with Crippen LogP contribution in [0.3, 0.4) is 0 Å². The van der Waals surface area contributed by atoms with Gasteiger partial charge in [0.1, 0.15) is 11.5 Å². The SMILES string of the molecule is COc1ccc([C@H]2CC(=O)c3c(C)nc(Nc4ccc(C)cc4)nc3C2)c(OC)c1. The molecule has 1 aliphatic carbocycles. The van der Waals surface area contributed by atoms with Gasteiger partial charge in [-0.05, 0) is 44.0 Å². The van der Waals surface area contributed by atoms with Gasteiger partial charge >= 0.3 is 0 Å². The molecule has 1 heterocycles. The Morgan fingerprint density at radius 1 is 0.967 bits per heavy atom. The summed E-state index contributed by atoms with van der Waals surface area (Å²) in [5.74, 6) is 2.01. The van der Waals surface area contributed by atoms with E-state index in [0.29, 0.717) is 30.0 Å². The van der Waals surface area contributed by atoms with Crippen LogP contribution in [0.4, 0.5) is 11.6 Å². The molecule has 0 aliphatic heterocycles. The van der Waals surface area contributed by atoms with E-state index in [0.717, 1.165) is 28.4 Å². The van der Waals surface area contributed by atoms with Crippen LogP contribution in [0.2, 0.25) is 0 Å². The topological polar surface area (TPSA) is 73.3 Å². The van der Waals surface area contributed by atoms with E-state index in [9.17, 15) is 4.79 Å². The number of aromatic nitrogens is 2. The van der Waals surface area contributed by atoms with Crippen LogP contribution in [-0.4, -0.2) is 30.0 Å². The number of aryl methyl sites for hydroxylation is 2. The first-order valence-electron chi connectivity index (χ1n) is 9.94. The molecule has 1 atom stereocenters. The van der Waals surface area contributed by atoms with Gasteiger partial charge < -0.3 is 14.8 Å². The van der Waals surface area contributed by atoms with Gasteiger partial charge in [-0.15, -0.1) is 0 Å². The molecule has 0 saturated heterocycles. The normalized spacial score (nSPS) is 15.5. The molecule has 3 aromatic rings. The molecule has 1 aliphatic rings. The van der Waals surface area contributed by atoms with Gasteiger partial charge in [-0.1, -0.05) is 23.8 Å². The first-order chi connectivity index (χ1) is 14.5. The molecule has 0 spiro atoms. The van der Waals surface area contributed by atoms with Gasteiger partial charge in [0, 0.05) is 24.1 Å². The maximum absolute atomic E-state index is 13.0. The van der Waals surface area contributed by atoms with Gasteiger partial charge in [0.2, 0.25) is 5.95 Å². The summed E-state index contributed by atoms with van der Waals surface area (Å²) < 4.78 is 10.9. The van der Waals surface area contributed by atoms with E-state index in [1.807, 2.05) is 56.3 Å². The first-order valence-corrected chi connectivity index (χ1v) is 9.94. The Hall–Kier alpha value is -3.41. The molecule has 0 radical (unpaired) electrons. The number of carbonyl (C=O) groups is 1. The summed E-state index contributed by atoms with van der Waals surface area (Å²) in [7, 11) is 3.25. The Morgan fingerprint density at radius 2 is 1.73 bits per heavy atom. The highest BCUT2D eigenvalue weighted by molar-refractivity contribution is 6.00. The highest BCUT2D eigenvalue weighted by atomic mass is 16.5. The van der Waals surface area contributed by atoms with E-state index in [2.05, 4.69) is 10.3 Å². The van der Waals surface area contributed by atoms with Gasteiger partial charge in [0.15, 0.2) is 5.78 Å². The molecule has 30 heavy (non-hydrogen) atoms. The average Bonchev–Trinajstić information content (AvgIpc) is 2.74. The molecule has 4 rings (SSSR count). The maximum atomic E-state index is 13.0. The molecule has 0 saturated carbocycles. The Bertz CT molecular complexity index is 1090.